The zero-order valence-corrected chi connectivity index (χ0v) is 16.6. The monoisotopic (exact) mass is 379 g/mol. The first-order chi connectivity index (χ1) is 12.9. The number of anilines is 1. The first-order valence-corrected chi connectivity index (χ1v) is 9.44. The molecule has 138 valence electrons. The Morgan fingerprint density at radius 3 is 2.30 bits per heavy atom. The SMILES string of the molecule is COC(=O)c1c(-c2ccc(C)c(C)c2)csc1NC(=O)c1ccc(C)cc1. The first-order valence-electron chi connectivity index (χ1n) is 8.56. The predicted molar refractivity (Wildman–Crippen MR) is 110 cm³/mol. The molecule has 0 bridgehead atoms. The molecule has 4 nitrogen and oxygen atoms in total. The van der Waals surface area contributed by atoms with Crippen LogP contribution in [0, 0.1) is 20.8 Å². The Labute approximate surface area is 162 Å². The number of hydrogen-bond acceptors (Lipinski definition) is 4. The van der Waals surface area contributed by atoms with Crippen molar-refractivity contribution in [3.05, 3.63) is 75.7 Å². The van der Waals surface area contributed by atoms with Crippen molar-refractivity contribution < 1.29 is 14.3 Å². The molecule has 0 saturated carbocycles. The molecule has 0 aliphatic heterocycles. The Morgan fingerprint density at radius 2 is 1.67 bits per heavy atom. The minimum atomic E-state index is -0.469. The number of ether oxygens (including phenoxy) is 1. The Hall–Kier alpha value is -2.92. The van der Waals surface area contributed by atoms with Crippen LogP contribution in [0.2, 0.25) is 0 Å². The summed E-state index contributed by atoms with van der Waals surface area (Å²) in [5.74, 6) is -0.725. The van der Waals surface area contributed by atoms with E-state index < -0.39 is 5.97 Å². The van der Waals surface area contributed by atoms with Crippen LogP contribution in [0.15, 0.2) is 47.8 Å². The fraction of sp³-hybridized carbons (Fsp3) is 0.182. The molecule has 2 aromatic carbocycles. The normalized spacial score (nSPS) is 10.5. The quantitative estimate of drug-likeness (QED) is 0.619. The largest absolute Gasteiger partial charge is 0.465 e. The van der Waals surface area contributed by atoms with Gasteiger partial charge in [0.15, 0.2) is 0 Å². The van der Waals surface area contributed by atoms with Gasteiger partial charge in [-0.1, -0.05) is 35.9 Å². The third-order valence-corrected chi connectivity index (χ3v) is 5.43. The van der Waals surface area contributed by atoms with E-state index >= 15 is 0 Å². The summed E-state index contributed by atoms with van der Waals surface area (Å²) in [6, 6.07) is 13.3. The fourth-order valence-electron chi connectivity index (χ4n) is 2.76. The van der Waals surface area contributed by atoms with Gasteiger partial charge in [-0.2, -0.15) is 0 Å². The lowest BCUT2D eigenvalue weighted by Crippen LogP contribution is -2.14. The summed E-state index contributed by atoms with van der Waals surface area (Å²) in [5.41, 5.74) is 6.00. The van der Waals surface area contributed by atoms with Crippen molar-refractivity contribution in [3.63, 3.8) is 0 Å². The Kier molecular flexibility index (Phi) is 5.42. The third kappa shape index (κ3) is 3.93. The summed E-state index contributed by atoms with van der Waals surface area (Å²) in [4.78, 5) is 25.0. The predicted octanol–water partition coefficient (Wildman–Crippen LogP) is 5.38. The van der Waals surface area contributed by atoms with Gasteiger partial charge in [-0.15, -0.1) is 11.3 Å². The number of esters is 1. The van der Waals surface area contributed by atoms with Gasteiger partial charge < -0.3 is 10.1 Å². The Morgan fingerprint density at radius 1 is 0.963 bits per heavy atom. The van der Waals surface area contributed by atoms with Gasteiger partial charge in [-0.05, 0) is 49.6 Å². The molecule has 0 radical (unpaired) electrons. The molecule has 5 heteroatoms. The van der Waals surface area contributed by atoms with Crippen LogP contribution in [0.5, 0.6) is 0 Å². The number of hydrogen-bond donors (Lipinski definition) is 1. The van der Waals surface area contributed by atoms with Gasteiger partial charge in [0, 0.05) is 16.5 Å². The highest BCUT2D eigenvalue weighted by Crippen LogP contribution is 2.37. The number of nitrogens with one attached hydrogen (secondary N) is 1. The number of benzene rings is 2. The summed E-state index contributed by atoms with van der Waals surface area (Å²) in [7, 11) is 1.34. The molecule has 0 aliphatic rings. The van der Waals surface area contributed by atoms with Gasteiger partial charge in [-0.3, -0.25) is 4.79 Å². The average Bonchev–Trinajstić information content (AvgIpc) is 3.07. The van der Waals surface area contributed by atoms with E-state index in [0.717, 1.165) is 22.3 Å². The molecule has 0 atom stereocenters. The van der Waals surface area contributed by atoms with Crippen molar-refractivity contribution in [2.45, 2.75) is 20.8 Å². The highest BCUT2D eigenvalue weighted by atomic mass is 32.1. The van der Waals surface area contributed by atoms with Crippen molar-refractivity contribution in [3.8, 4) is 11.1 Å². The molecule has 27 heavy (non-hydrogen) atoms. The maximum absolute atomic E-state index is 12.6. The molecular weight excluding hydrogens is 358 g/mol. The highest BCUT2D eigenvalue weighted by molar-refractivity contribution is 7.15. The summed E-state index contributed by atoms with van der Waals surface area (Å²) < 4.78 is 4.97. The minimum absolute atomic E-state index is 0.256. The van der Waals surface area contributed by atoms with Crippen LogP contribution < -0.4 is 5.32 Å². The molecule has 0 spiro atoms. The number of methoxy groups -OCH3 is 1. The average molecular weight is 379 g/mol. The van der Waals surface area contributed by atoms with Crippen LogP contribution in [-0.4, -0.2) is 19.0 Å². The van der Waals surface area contributed by atoms with Crippen molar-refractivity contribution in [1.29, 1.82) is 0 Å². The van der Waals surface area contributed by atoms with Crippen molar-refractivity contribution in [1.82, 2.24) is 0 Å². The number of rotatable bonds is 4. The van der Waals surface area contributed by atoms with Crippen LogP contribution in [0.4, 0.5) is 5.00 Å². The van der Waals surface area contributed by atoms with Gasteiger partial charge in [0.25, 0.3) is 5.91 Å². The molecule has 0 fully saturated rings. The van der Waals surface area contributed by atoms with E-state index in [1.807, 2.05) is 56.5 Å². The van der Waals surface area contributed by atoms with E-state index in [4.69, 9.17) is 4.74 Å². The second-order valence-corrected chi connectivity index (χ2v) is 7.34. The van der Waals surface area contributed by atoms with E-state index in [1.165, 1.54) is 24.0 Å². The lowest BCUT2D eigenvalue weighted by molar-refractivity contribution is 0.0603. The number of carbonyl (C=O) groups excluding carboxylic acids is 2. The Bertz CT molecular complexity index is 1000. The molecule has 0 unspecified atom stereocenters. The van der Waals surface area contributed by atoms with Crippen LogP contribution >= 0.6 is 11.3 Å². The molecule has 0 saturated heterocycles. The lowest BCUT2D eigenvalue weighted by atomic mass is 9.99. The van der Waals surface area contributed by atoms with Crippen LogP contribution in [0.1, 0.15) is 37.4 Å². The molecule has 3 aromatic rings. The molecule has 1 heterocycles. The number of aryl methyl sites for hydroxylation is 3. The van der Waals surface area contributed by atoms with E-state index in [9.17, 15) is 9.59 Å². The molecule has 3 rings (SSSR count). The first kappa shape index (κ1) is 18.9. The van der Waals surface area contributed by atoms with Crippen LogP contribution in [0.25, 0.3) is 11.1 Å². The molecule has 1 aromatic heterocycles. The third-order valence-electron chi connectivity index (χ3n) is 4.54. The topological polar surface area (TPSA) is 55.4 Å². The number of amides is 1. The van der Waals surface area contributed by atoms with E-state index in [1.54, 1.807) is 12.1 Å². The number of thiophene rings is 1. The van der Waals surface area contributed by atoms with Crippen molar-refractivity contribution in [2.75, 3.05) is 12.4 Å². The second-order valence-electron chi connectivity index (χ2n) is 6.46. The number of carbonyl (C=O) groups is 2. The molecule has 0 aliphatic carbocycles. The van der Waals surface area contributed by atoms with E-state index in [2.05, 4.69) is 5.32 Å². The standard InChI is InChI=1S/C22H21NO3S/c1-13-5-8-16(9-6-13)20(24)23-21-19(22(25)26-4)18(12-27-21)17-10-7-14(2)15(3)11-17/h5-12H,1-4H3,(H,23,24). The minimum Gasteiger partial charge on any atom is -0.465 e. The zero-order valence-electron chi connectivity index (χ0n) is 15.8. The van der Waals surface area contributed by atoms with Gasteiger partial charge in [0.05, 0.1) is 7.11 Å². The molecule has 1 amide bonds. The van der Waals surface area contributed by atoms with Crippen LogP contribution in [0.3, 0.4) is 0 Å². The fourth-order valence-corrected chi connectivity index (χ4v) is 3.71. The van der Waals surface area contributed by atoms with Gasteiger partial charge >= 0.3 is 5.97 Å². The van der Waals surface area contributed by atoms with Crippen LogP contribution in [-0.2, 0) is 4.74 Å². The van der Waals surface area contributed by atoms with Gasteiger partial charge in [-0.25, -0.2) is 4.79 Å². The maximum Gasteiger partial charge on any atom is 0.341 e. The summed E-state index contributed by atoms with van der Waals surface area (Å²) in [6.45, 7) is 6.04. The summed E-state index contributed by atoms with van der Waals surface area (Å²) >= 11 is 1.32. The summed E-state index contributed by atoms with van der Waals surface area (Å²) in [5, 5.41) is 5.22. The molecular formula is C22H21NO3S. The smallest absolute Gasteiger partial charge is 0.341 e. The lowest BCUT2D eigenvalue weighted by Gasteiger charge is -2.09. The van der Waals surface area contributed by atoms with E-state index in [0.29, 0.717) is 16.1 Å². The van der Waals surface area contributed by atoms with Gasteiger partial charge in [0.2, 0.25) is 0 Å². The van der Waals surface area contributed by atoms with E-state index in [-0.39, 0.29) is 5.91 Å². The van der Waals surface area contributed by atoms with Gasteiger partial charge in [0.1, 0.15) is 10.6 Å². The summed E-state index contributed by atoms with van der Waals surface area (Å²) in [6.07, 6.45) is 0. The maximum atomic E-state index is 12.6. The zero-order chi connectivity index (χ0) is 19.6. The van der Waals surface area contributed by atoms with Crippen molar-refractivity contribution >= 4 is 28.2 Å². The highest BCUT2D eigenvalue weighted by Gasteiger charge is 2.22. The Balaban J connectivity index is 1.99. The van der Waals surface area contributed by atoms with Crippen molar-refractivity contribution in [2.24, 2.45) is 0 Å². The molecule has 1 N–H and O–H groups in total. The second kappa shape index (κ2) is 7.76.